The van der Waals surface area contributed by atoms with E-state index in [1.165, 1.54) is 0 Å². The van der Waals surface area contributed by atoms with Crippen molar-refractivity contribution in [1.82, 2.24) is 0 Å². The van der Waals surface area contributed by atoms with E-state index in [9.17, 15) is 26.3 Å². The normalized spacial score (nSPS) is 12.3. The molecule has 0 bridgehead atoms. The monoisotopic (exact) mass is 271 g/mol. The van der Waals surface area contributed by atoms with Crippen LogP contribution < -0.4 is 11.5 Å². The predicted molar refractivity (Wildman–Crippen MR) is 51.9 cm³/mol. The van der Waals surface area contributed by atoms with E-state index in [1.54, 1.807) is 0 Å². The lowest BCUT2D eigenvalue weighted by molar-refractivity contribution is -0.140. The highest BCUT2D eigenvalue weighted by molar-refractivity contribution is 5.79. The van der Waals surface area contributed by atoms with Gasteiger partial charge in [-0.3, -0.25) is 0 Å². The van der Waals surface area contributed by atoms with Gasteiger partial charge < -0.3 is 11.5 Å². The summed E-state index contributed by atoms with van der Waals surface area (Å²) in [4.78, 5) is 3.05. The fourth-order valence-corrected chi connectivity index (χ4v) is 1.18. The van der Waals surface area contributed by atoms with E-state index < -0.39 is 35.1 Å². The standard InChI is InChI=1S/C9H7F6N3/c10-8(11,12)4-1-2-5(9(13,14)15)6(3-4)18-7(16)17/h1-3H,(H4,16,17,18). The minimum atomic E-state index is -4.85. The van der Waals surface area contributed by atoms with Gasteiger partial charge >= 0.3 is 12.4 Å². The average molecular weight is 271 g/mol. The van der Waals surface area contributed by atoms with Crippen molar-refractivity contribution in [2.75, 3.05) is 0 Å². The van der Waals surface area contributed by atoms with Crippen molar-refractivity contribution in [3.05, 3.63) is 29.3 Å². The second kappa shape index (κ2) is 4.39. The molecule has 0 spiro atoms. The molecule has 1 aromatic rings. The van der Waals surface area contributed by atoms with Gasteiger partial charge in [-0.25, -0.2) is 4.99 Å². The first-order valence-electron chi connectivity index (χ1n) is 4.40. The highest BCUT2D eigenvalue weighted by Crippen LogP contribution is 2.39. The highest BCUT2D eigenvalue weighted by Gasteiger charge is 2.37. The molecule has 0 aliphatic heterocycles. The molecule has 0 saturated heterocycles. The zero-order valence-corrected chi connectivity index (χ0v) is 8.60. The van der Waals surface area contributed by atoms with Gasteiger partial charge in [0.1, 0.15) is 0 Å². The molecule has 0 amide bonds. The van der Waals surface area contributed by atoms with Crippen LogP contribution in [-0.4, -0.2) is 5.96 Å². The Hall–Kier alpha value is -1.93. The number of benzene rings is 1. The summed E-state index contributed by atoms with van der Waals surface area (Å²) < 4.78 is 74.5. The molecular formula is C9H7F6N3. The minimum absolute atomic E-state index is 0.239. The molecule has 0 fully saturated rings. The fourth-order valence-electron chi connectivity index (χ4n) is 1.18. The van der Waals surface area contributed by atoms with Crippen LogP contribution in [0.5, 0.6) is 0 Å². The molecule has 0 atom stereocenters. The van der Waals surface area contributed by atoms with Gasteiger partial charge in [0.15, 0.2) is 5.96 Å². The number of hydrogen-bond donors (Lipinski definition) is 2. The summed E-state index contributed by atoms with van der Waals surface area (Å²) in [6.45, 7) is 0. The topological polar surface area (TPSA) is 64.4 Å². The van der Waals surface area contributed by atoms with Gasteiger partial charge in [-0.05, 0) is 18.2 Å². The Bertz CT molecular complexity index is 470. The first-order chi connectivity index (χ1) is 8.01. The highest BCUT2D eigenvalue weighted by atomic mass is 19.4. The summed E-state index contributed by atoms with van der Waals surface area (Å²) in [5.41, 5.74) is 6.16. The van der Waals surface area contributed by atoms with Crippen molar-refractivity contribution in [3.63, 3.8) is 0 Å². The van der Waals surface area contributed by atoms with E-state index in [0.717, 1.165) is 0 Å². The zero-order valence-electron chi connectivity index (χ0n) is 8.60. The third kappa shape index (κ3) is 3.28. The summed E-state index contributed by atoms with van der Waals surface area (Å²) in [6, 6.07) is 0.835. The summed E-state index contributed by atoms with van der Waals surface area (Å²) in [5.74, 6) is -0.764. The molecule has 0 saturated carbocycles. The third-order valence-corrected chi connectivity index (χ3v) is 1.88. The Kier molecular flexibility index (Phi) is 3.45. The van der Waals surface area contributed by atoms with E-state index in [2.05, 4.69) is 4.99 Å². The molecule has 9 heteroatoms. The lowest BCUT2D eigenvalue weighted by Gasteiger charge is -2.13. The van der Waals surface area contributed by atoms with Gasteiger partial charge in [-0.15, -0.1) is 0 Å². The second-order valence-corrected chi connectivity index (χ2v) is 3.26. The van der Waals surface area contributed by atoms with Crippen LogP contribution in [0.2, 0.25) is 0 Å². The molecular weight excluding hydrogens is 264 g/mol. The molecule has 1 rings (SSSR count). The SMILES string of the molecule is NC(N)=Nc1cc(C(F)(F)F)ccc1C(F)(F)F. The minimum Gasteiger partial charge on any atom is -0.370 e. The molecule has 100 valence electrons. The number of guanidine groups is 1. The van der Waals surface area contributed by atoms with E-state index in [-0.39, 0.29) is 12.1 Å². The number of alkyl halides is 6. The lowest BCUT2D eigenvalue weighted by atomic mass is 10.1. The maximum absolute atomic E-state index is 12.5. The summed E-state index contributed by atoms with van der Waals surface area (Å²) in [7, 11) is 0. The van der Waals surface area contributed by atoms with Gasteiger partial charge in [0.25, 0.3) is 0 Å². The van der Waals surface area contributed by atoms with Crippen LogP contribution in [0.15, 0.2) is 23.2 Å². The van der Waals surface area contributed by atoms with E-state index in [1.807, 2.05) is 0 Å². The number of halogens is 6. The summed E-state index contributed by atoms with van der Waals surface area (Å²) in [6.07, 6.45) is -9.63. The molecule has 0 heterocycles. The average Bonchev–Trinajstić information content (AvgIpc) is 2.13. The molecule has 0 aromatic heterocycles. The maximum Gasteiger partial charge on any atom is 0.418 e. The van der Waals surface area contributed by atoms with Crippen LogP contribution in [0, 0.1) is 0 Å². The molecule has 0 radical (unpaired) electrons. The number of nitrogens with two attached hydrogens (primary N) is 2. The van der Waals surface area contributed by atoms with E-state index in [0.29, 0.717) is 6.07 Å². The van der Waals surface area contributed by atoms with Crippen LogP contribution in [0.3, 0.4) is 0 Å². The van der Waals surface area contributed by atoms with Crippen molar-refractivity contribution in [2.24, 2.45) is 16.5 Å². The van der Waals surface area contributed by atoms with Crippen LogP contribution in [0.1, 0.15) is 11.1 Å². The molecule has 0 aliphatic rings. The zero-order chi connectivity index (χ0) is 14.1. The van der Waals surface area contributed by atoms with Gasteiger partial charge in [-0.2, -0.15) is 26.3 Å². The second-order valence-electron chi connectivity index (χ2n) is 3.26. The molecule has 3 nitrogen and oxygen atoms in total. The largest absolute Gasteiger partial charge is 0.418 e. The lowest BCUT2D eigenvalue weighted by Crippen LogP contribution is -2.22. The summed E-state index contributed by atoms with van der Waals surface area (Å²) >= 11 is 0. The Morgan fingerprint density at radius 2 is 1.50 bits per heavy atom. The molecule has 18 heavy (non-hydrogen) atoms. The quantitative estimate of drug-likeness (QED) is 0.468. The first-order valence-corrected chi connectivity index (χ1v) is 4.40. The maximum atomic E-state index is 12.5. The van der Waals surface area contributed by atoms with Crippen molar-refractivity contribution in [2.45, 2.75) is 12.4 Å². The van der Waals surface area contributed by atoms with Crippen LogP contribution in [0.4, 0.5) is 32.0 Å². The van der Waals surface area contributed by atoms with E-state index in [4.69, 9.17) is 11.5 Å². The fraction of sp³-hybridized carbons (Fsp3) is 0.222. The van der Waals surface area contributed by atoms with Gasteiger partial charge in [0, 0.05) is 0 Å². The smallest absolute Gasteiger partial charge is 0.370 e. The van der Waals surface area contributed by atoms with Gasteiger partial charge in [0.05, 0.1) is 16.8 Å². The number of hydrogen-bond acceptors (Lipinski definition) is 1. The van der Waals surface area contributed by atoms with Crippen molar-refractivity contribution >= 4 is 11.6 Å². The van der Waals surface area contributed by atoms with Crippen LogP contribution in [-0.2, 0) is 12.4 Å². The molecule has 1 aromatic carbocycles. The number of aliphatic imine (C=N–C) groups is 1. The Balaban J connectivity index is 3.44. The Morgan fingerprint density at radius 3 is 1.89 bits per heavy atom. The van der Waals surface area contributed by atoms with Gasteiger partial charge in [0.2, 0.25) is 0 Å². The van der Waals surface area contributed by atoms with Crippen LogP contribution >= 0.6 is 0 Å². The number of rotatable bonds is 1. The van der Waals surface area contributed by atoms with Crippen molar-refractivity contribution in [1.29, 1.82) is 0 Å². The Morgan fingerprint density at radius 1 is 0.944 bits per heavy atom. The predicted octanol–water partition coefficient (Wildman–Crippen LogP) is 2.63. The third-order valence-electron chi connectivity index (χ3n) is 1.88. The van der Waals surface area contributed by atoms with Crippen LogP contribution in [0.25, 0.3) is 0 Å². The van der Waals surface area contributed by atoms with Crippen molar-refractivity contribution < 1.29 is 26.3 Å². The molecule has 4 N–H and O–H groups in total. The number of nitrogens with zero attached hydrogens (tertiary/aromatic N) is 1. The molecule has 0 aliphatic carbocycles. The van der Waals surface area contributed by atoms with Crippen molar-refractivity contribution in [3.8, 4) is 0 Å². The Labute approximate surface area is 97.1 Å². The molecule has 0 unspecified atom stereocenters. The summed E-state index contributed by atoms with van der Waals surface area (Å²) in [5, 5.41) is 0. The van der Waals surface area contributed by atoms with Gasteiger partial charge in [-0.1, -0.05) is 0 Å². The first kappa shape index (κ1) is 14.1. The van der Waals surface area contributed by atoms with E-state index >= 15 is 0 Å².